The van der Waals surface area contributed by atoms with Gasteiger partial charge in [0.05, 0.1) is 12.6 Å². The highest BCUT2D eigenvalue weighted by Gasteiger charge is 2.26. The molecule has 2 rings (SSSR count). The minimum absolute atomic E-state index is 0.0902. The normalized spacial score (nSPS) is 20.7. The number of nitrogens with one attached hydrogen (secondary N) is 2. The van der Waals surface area contributed by atoms with Gasteiger partial charge >= 0.3 is 0 Å². The minimum atomic E-state index is -0.363. The van der Waals surface area contributed by atoms with E-state index in [1.54, 1.807) is 0 Å². The molecule has 1 aliphatic heterocycles. The van der Waals surface area contributed by atoms with Gasteiger partial charge in [0, 0.05) is 18.7 Å². The fourth-order valence-electron chi connectivity index (χ4n) is 2.80. The summed E-state index contributed by atoms with van der Waals surface area (Å²) in [4.78, 5) is 23.8. The molecule has 0 spiro atoms. The Labute approximate surface area is 142 Å². The van der Waals surface area contributed by atoms with Crippen LogP contribution in [0.2, 0.25) is 0 Å². The summed E-state index contributed by atoms with van der Waals surface area (Å²) in [6.07, 6.45) is 2.38. The first kappa shape index (κ1) is 18.4. The van der Waals surface area contributed by atoms with Crippen LogP contribution in [0.4, 0.5) is 10.1 Å². The van der Waals surface area contributed by atoms with Gasteiger partial charge in [-0.15, -0.1) is 0 Å². The summed E-state index contributed by atoms with van der Waals surface area (Å²) < 4.78 is 18.5. The summed E-state index contributed by atoms with van der Waals surface area (Å²) in [6, 6.07) is 5.49. The zero-order valence-corrected chi connectivity index (χ0v) is 14.2. The molecule has 2 amide bonds. The van der Waals surface area contributed by atoms with Crippen molar-refractivity contribution in [2.45, 2.75) is 39.2 Å². The molecule has 0 unspecified atom stereocenters. The van der Waals surface area contributed by atoms with Gasteiger partial charge in [-0.25, -0.2) is 4.39 Å². The van der Waals surface area contributed by atoms with Crippen LogP contribution in [0.3, 0.4) is 0 Å². The van der Waals surface area contributed by atoms with Crippen molar-refractivity contribution in [1.29, 1.82) is 0 Å². The first-order valence-electron chi connectivity index (χ1n) is 8.37. The first-order valence-corrected chi connectivity index (χ1v) is 8.37. The van der Waals surface area contributed by atoms with Crippen LogP contribution in [0.1, 0.15) is 33.1 Å². The number of carbonyl (C=O) groups excluding carboxylic acids is 2. The van der Waals surface area contributed by atoms with Crippen molar-refractivity contribution in [2.75, 3.05) is 18.5 Å². The van der Waals surface area contributed by atoms with Crippen molar-refractivity contribution >= 4 is 17.5 Å². The SMILES string of the molecule is CC(C)[C@H]1C[C@H](CC(=O)NCC(=O)Nc2ccc(F)cc2)CCO1. The van der Waals surface area contributed by atoms with Gasteiger partial charge in [0.1, 0.15) is 5.82 Å². The summed E-state index contributed by atoms with van der Waals surface area (Å²) in [5, 5.41) is 5.25. The van der Waals surface area contributed by atoms with Crippen LogP contribution in [-0.4, -0.2) is 31.1 Å². The maximum atomic E-state index is 12.8. The molecule has 2 N–H and O–H groups in total. The smallest absolute Gasteiger partial charge is 0.243 e. The third-order valence-corrected chi connectivity index (χ3v) is 4.22. The van der Waals surface area contributed by atoms with E-state index in [9.17, 15) is 14.0 Å². The van der Waals surface area contributed by atoms with Gasteiger partial charge in [-0.2, -0.15) is 0 Å². The van der Waals surface area contributed by atoms with Gasteiger partial charge in [-0.05, 0) is 48.9 Å². The Balaban J connectivity index is 1.70. The van der Waals surface area contributed by atoms with Gasteiger partial charge in [-0.3, -0.25) is 9.59 Å². The second kappa shape index (κ2) is 8.78. The number of benzene rings is 1. The van der Waals surface area contributed by atoms with E-state index in [-0.39, 0.29) is 30.3 Å². The number of amides is 2. The van der Waals surface area contributed by atoms with Crippen LogP contribution in [0, 0.1) is 17.7 Å². The molecule has 1 aromatic carbocycles. The lowest BCUT2D eigenvalue weighted by Crippen LogP contribution is -2.36. The first-order chi connectivity index (χ1) is 11.4. The van der Waals surface area contributed by atoms with Crippen LogP contribution in [0.15, 0.2) is 24.3 Å². The molecular formula is C18H25FN2O3. The van der Waals surface area contributed by atoms with Crippen molar-refractivity contribution < 1.29 is 18.7 Å². The third kappa shape index (κ3) is 5.92. The Morgan fingerprint density at radius 3 is 2.62 bits per heavy atom. The summed E-state index contributed by atoms with van der Waals surface area (Å²) in [5.74, 6) is -0.0817. The number of halogens is 1. The Morgan fingerprint density at radius 1 is 1.25 bits per heavy atom. The topological polar surface area (TPSA) is 67.4 Å². The molecule has 0 aliphatic carbocycles. The number of ether oxygens (including phenoxy) is 1. The van der Waals surface area contributed by atoms with E-state index >= 15 is 0 Å². The average Bonchev–Trinajstić information content (AvgIpc) is 2.55. The molecule has 0 aromatic heterocycles. The Kier molecular flexibility index (Phi) is 6.73. The van der Waals surface area contributed by atoms with Crippen molar-refractivity contribution in [3.63, 3.8) is 0 Å². The molecule has 0 radical (unpaired) electrons. The number of anilines is 1. The standard InChI is InChI=1S/C18H25FN2O3/c1-12(2)16-9-13(7-8-24-16)10-17(22)20-11-18(23)21-15-5-3-14(19)4-6-15/h3-6,12-13,16H,7-11H2,1-2H3,(H,20,22)(H,21,23)/t13-,16-/m1/s1. The Bertz CT molecular complexity index is 560. The fourth-order valence-corrected chi connectivity index (χ4v) is 2.80. The van der Waals surface area contributed by atoms with Gasteiger partial charge < -0.3 is 15.4 Å². The lowest BCUT2D eigenvalue weighted by atomic mass is 9.88. The van der Waals surface area contributed by atoms with E-state index in [0.717, 1.165) is 12.8 Å². The predicted octanol–water partition coefficient (Wildman–Crippen LogP) is 2.72. The molecule has 1 heterocycles. The van der Waals surface area contributed by atoms with Crippen LogP contribution in [0.25, 0.3) is 0 Å². The maximum Gasteiger partial charge on any atom is 0.243 e. The van der Waals surface area contributed by atoms with Gasteiger partial charge in [0.15, 0.2) is 0 Å². The number of rotatable bonds is 6. The fraction of sp³-hybridized carbons (Fsp3) is 0.556. The summed E-state index contributed by atoms with van der Waals surface area (Å²) in [5.41, 5.74) is 0.500. The lowest BCUT2D eigenvalue weighted by molar-refractivity contribution is -0.126. The average molecular weight is 336 g/mol. The molecule has 0 bridgehead atoms. The number of hydrogen-bond donors (Lipinski definition) is 2. The Morgan fingerprint density at radius 2 is 1.96 bits per heavy atom. The van der Waals surface area contributed by atoms with Crippen molar-refractivity contribution in [3.8, 4) is 0 Å². The third-order valence-electron chi connectivity index (χ3n) is 4.22. The lowest BCUT2D eigenvalue weighted by Gasteiger charge is -2.31. The molecule has 1 aromatic rings. The zero-order valence-electron chi connectivity index (χ0n) is 14.2. The van der Waals surface area contributed by atoms with E-state index in [1.165, 1.54) is 24.3 Å². The summed E-state index contributed by atoms with van der Waals surface area (Å²) in [6.45, 7) is 4.83. The molecule has 5 nitrogen and oxygen atoms in total. The van der Waals surface area contributed by atoms with Gasteiger partial charge in [-0.1, -0.05) is 13.8 Å². The minimum Gasteiger partial charge on any atom is -0.378 e. The van der Waals surface area contributed by atoms with Gasteiger partial charge in [0.2, 0.25) is 11.8 Å². The molecule has 24 heavy (non-hydrogen) atoms. The van der Waals surface area contributed by atoms with Crippen molar-refractivity contribution in [3.05, 3.63) is 30.1 Å². The summed E-state index contributed by atoms with van der Waals surface area (Å²) >= 11 is 0. The largest absolute Gasteiger partial charge is 0.378 e. The number of carbonyl (C=O) groups is 2. The highest BCUT2D eigenvalue weighted by Crippen LogP contribution is 2.27. The predicted molar refractivity (Wildman–Crippen MR) is 90.0 cm³/mol. The molecule has 1 aliphatic rings. The highest BCUT2D eigenvalue weighted by atomic mass is 19.1. The van der Waals surface area contributed by atoms with Crippen LogP contribution >= 0.6 is 0 Å². The molecule has 1 fully saturated rings. The zero-order chi connectivity index (χ0) is 17.5. The highest BCUT2D eigenvalue weighted by molar-refractivity contribution is 5.94. The van der Waals surface area contributed by atoms with Gasteiger partial charge in [0.25, 0.3) is 0 Å². The molecule has 132 valence electrons. The monoisotopic (exact) mass is 336 g/mol. The van der Waals surface area contributed by atoms with E-state index in [4.69, 9.17) is 4.74 Å². The quantitative estimate of drug-likeness (QED) is 0.839. The summed E-state index contributed by atoms with van der Waals surface area (Å²) in [7, 11) is 0. The van der Waals surface area contributed by atoms with Crippen molar-refractivity contribution in [2.24, 2.45) is 11.8 Å². The van der Waals surface area contributed by atoms with Crippen LogP contribution in [0.5, 0.6) is 0 Å². The van der Waals surface area contributed by atoms with E-state index < -0.39 is 0 Å². The van der Waals surface area contributed by atoms with Crippen LogP contribution in [-0.2, 0) is 14.3 Å². The van der Waals surface area contributed by atoms with Crippen molar-refractivity contribution in [1.82, 2.24) is 5.32 Å². The Hall–Kier alpha value is -1.95. The maximum absolute atomic E-state index is 12.8. The van der Waals surface area contributed by atoms with Crippen LogP contribution < -0.4 is 10.6 Å². The number of hydrogen-bond acceptors (Lipinski definition) is 3. The molecular weight excluding hydrogens is 311 g/mol. The molecule has 6 heteroatoms. The van der Waals surface area contributed by atoms with E-state index in [2.05, 4.69) is 24.5 Å². The second-order valence-electron chi connectivity index (χ2n) is 6.58. The molecule has 1 saturated heterocycles. The van der Waals surface area contributed by atoms with E-state index in [0.29, 0.717) is 30.6 Å². The second-order valence-corrected chi connectivity index (χ2v) is 6.58. The molecule has 2 atom stereocenters. The van der Waals surface area contributed by atoms with E-state index in [1.807, 2.05) is 0 Å². The molecule has 0 saturated carbocycles.